The van der Waals surface area contributed by atoms with Crippen molar-refractivity contribution in [3.8, 4) is 0 Å². The molecule has 3 heterocycles. The molecule has 1 saturated heterocycles. The number of alkyl halides is 3. The number of rotatable bonds is 2. The van der Waals surface area contributed by atoms with Crippen LogP contribution in [0.4, 0.5) is 19.0 Å². The highest BCUT2D eigenvalue weighted by Crippen LogP contribution is 2.32. The maximum absolute atomic E-state index is 12.9. The number of nitrogens with zero attached hydrogens (tertiary/aromatic N) is 4. The topological polar surface area (TPSA) is 62.5 Å². The van der Waals surface area contributed by atoms with E-state index in [-0.39, 0.29) is 16.7 Å². The first-order chi connectivity index (χ1) is 12.2. The lowest BCUT2D eigenvalue weighted by Gasteiger charge is -2.35. The molecule has 6 nitrogen and oxygen atoms in total. The number of aryl methyl sites for hydroxylation is 2. The van der Waals surface area contributed by atoms with Crippen molar-refractivity contribution in [1.29, 1.82) is 0 Å². The Morgan fingerprint density at radius 1 is 1.19 bits per heavy atom. The lowest BCUT2D eigenvalue weighted by atomic mass is 10.1. The first-order valence-corrected chi connectivity index (χ1v) is 8.27. The average molecular weight is 389 g/mol. The molecule has 2 aromatic heterocycles. The summed E-state index contributed by atoms with van der Waals surface area (Å²) >= 11 is 6.03. The minimum atomic E-state index is -4.54. The van der Waals surface area contributed by atoms with Crippen molar-refractivity contribution < 1.29 is 22.5 Å². The number of amides is 1. The minimum Gasteiger partial charge on any atom is -0.361 e. The van der Waals surface area contributed by atoms with E-state index >= 15 is 0 Å². The number of piperazine rings is 1. The van der Waals surface area contributed by atoms with E-state index in [1.165, 1.54) is 6.07 Å². The summed E-state index contributed by atoms with van der Waals surface area (Å²) in [7, 11) is 0. The van der Waals surface area contributed by atoms with Gasteiger partial charge in [0.05, 0.1) is 10.7 Å². The highest BCUT2D eigenvalue weighted by Gasteiger charge is 2.34. The third-order valence-electron chi connectivity index (χ3n) is 4.23. The first-order valence-electron chi connectivity index (χ1n) is 7.89. The van der Waals surface area contributed by atoms with Crippen LogP contribution in [0.5, 0.6) is 0 Å². The molecule has 0 aliphatic carbocycles. The van der Waals surface area contributed by atoms with E-state index in [9.17, 15) is 18.0 Å². The van der Waals surface area contributed by atoms with Crippen LogP contribution in [0.25, 0.3) is 0 Å². The predicted molar refractivity (Wildman–Crippen MR) is 88.3 cm³/mol. The van der Waals surface area contributed by atoms with Gasteiger partial charge in [-0.3, -0.25) is 4.79 Å². The molecule has 3 rings (SSSR count). The second kappa shape index (κ2) is 6.79. The average Bonchev–Trinajstić information content (AvgIpc) is 2.92. The zero-order valence-corrected chi connectivity index (χ0v) is 14.9. The Morgan fingerprint density at radius 2 is 1.85 bits per heavy atom. The Balaban J connectivity index is 1.74. The van der Waals surface area contributed by atoms with Gasteiger partial charge in [-0.15, -0.1) is 0 Å². The summed E-state index contributed by atoms with van der Waals surface area (Å²) in [5, 5.41) is 3.91. The number of aromatic nitrogens is 2. The van der Waals surface area contributed by atoms with Crippen LogP contribution in [-0.4, -0.2) is 47.1 Å². The normalized spacial score (nSPS) is 15.5. The Labute approximate surface area is 152 Å². The first kappa shape index (κ1) is 18.5. The zero-order valence-electron chi connectivity index (χ0n) is 14.1. The molecule has 0 aromatic carbocycles. The summed E-state index contributed by atoms with van der Waals surface area (Å²) in [6, 6.07) is 2.04. The van der Waals surface area contributed by atoms with E-state index in [1.54, 1.807) is 23.6 Å². The van der Waals surface area contributed by atoms with Crippen molar-refractivity contribution in [1.82, 2.24) is 15.0 Å². The molecule has 0 N–H and O–H groups in total. The largest absolute Gasteiger partial charge is 0.433 e. The molecule has 0 unspecified atom stereocenters. The minimum absolute atomic E-state index is 0.0749. The number of anilines is 1. The molecule has 1 amide bonds. The fourth-order valence-electron chi connectivity index (χ4n) is 2.88. The molecule has 1 aliphatic rings. The van der Waals surface area contributed by atoms with Gasteiger partial charge in [0.15, 0.2) is 0 Å². The Morgan fingerprint density at radius 3 is 2.38 bits per heavy atom. The number of pyridine rings is 1. The Bertz CT molecular complexity index is 810. The highest BCUT2D eigenvalue weighted by atomic mass is 35.5. The number of carbonyl (C=O) groups excluding carboxylic acids is 1. The summed E-state index contributed by atoms with van der Waals surface area (Å²) < 4.78 is 43.6. The monoisotopic (exact) mass is 388 g/mol. The smallest absolute Gasteiger partial charge is 0.361 e. The number of halogens is 4. The number of hydrogen-bond donors (Lipinski definition) is 0. The second-order valence-electron chi connectivity index (χ2n) is 5.98. The standard InChI is InChI=1S/C16H16ClF3N4O2/c1-9-13(10(2)26-22-9)15(25)24-7-5-23(6-8-24)14-11(17)3-4-12(21-14)16(18,19)20/h3-4H,5-8H2,1-2H3. The molecule has 1 aliphatic heterocycles. The van der Waals surface area contributed by atoms with Crippen LogP contribution in [0.2, 0.25) is 5.02 Å². The van der Waals surface area contributed by atoms with Crippen LogP contribution in [0.3, 0.4) is 0 Å². The van der Waals surface area contributed by atoms with Crippen LogP contribution >= 0.6 is 11.6 Å². The Hall–Kier alpha value is -2.29. The molecule has 2 aromatic rings. The number of carbonyl (C=O) groups is 1. The quantitative estimate of drug-likeness (QED) is 0.789. The van der Waals surface area contributed by atoms with Gasteiger partial charge in [0.2, 0.25) is 0 Å². The van der Waals surface area contributed by atoms with Crippen molar-refractivity contribution in [3.63, 3.8) is 0 Å². The van der Waals surface area contributed by atoms with Crippen molar-refractivity contribution in [2.24, 2.45) is 0 Å². The van der Waals surface area contributed by atoms with Gasteiger partial charge in [-0.2, -0.15) is 13.2 Å². The summed E-state index contributed by atoms with van der Waals surface area (Å²) in [5.74, 6) is 0.312. The number of hydrogen-bond acceptors (Lipinski definition) is 5. The van der Waals surface area contributed by atoms with Crippen molar-refractivity contribution in [3.05, 3.63) is 39.9 Å². The van der Waals surface area contributed by atoms with Crippen molar-refractivity contribution in [2.45, 2.75) is 20.0 Å². The van der Waals surface area contributed by atoms with Gasteiger partial charge in [-0.1, -0.05) is 16.8 Å². The van der Waals surface area contributed by atoms with E-state index in [1.807, 2.05) is 0 Å². The lowest BCUT2D eigenvalue weighted by molar-refractivity contribution is -0.141. The molecule has 140 valence electrons. The molecule has 1 fully saturated rings. The summed E-state index contributed by atoms with van der Waals surface area (Å²) in [5.41, 5.74) is -0.0580. The molecule has 26 heavy (non-hydrogen) atoms. The van der Waals surface area contributed by atoms with Gasteiger partial charge in [-0.25, -0.2) is 4.98 Å². The SMILES string of the molecule is Cc1noc(C)c1C(=O)N1CCN(c2nc(C(F)(F)F)ccc2Cl)CC1. The molecule has 0 radical (unpaired) electrons. The lowest BCUT2D eigenvalue weighted by Crippen LogP contribution is -2.49. The van der Waals surface area contributed by atoms with E-state index in [0.717, 1.165) is 6.07 Å². The molecule has 0 bridgehead atoms. The van der Waals surface area contributed by atoms with E-state index < -0.39 is 11.9 Å². The molecule has 10 heteroatoms. The van der Waals surface area contributed by atoms with Gasteiger partial charge >= 0.3 is 6.18 Å². The second-order valence-corrected chi connectivity index (χ2v) is 6.39. The van der Waals surface area contributed by atoms with E-state index in [2.05, 4.69) is 10.1 Å². The van der Waals surface area contributed by atoms with Gasteiger partial charge in [-0.05, 0) is 26.0 Å². The summed E-state index contributed by atoms with van der Waals surface area (Å²) in [4.78, 5) is 19.5. The van der Waals surface area contributed by atoms with Gasteiger partial charge in [0.1, 0.15) is 22.8 Å². The maximum atomic E-state index is 12.9. The van der Waals surface area contributed by atoms with Gasteiger partial charge in [0, 0.05) is 26.2 Å². The van der Waals surface area contributed by atoms with Crippen molar-refractivity contribution in [2.75, 3.05) is 31.1 Å². The van der Waals surface area contributed by atoms with Crippen LogP contribution in [-0.2, 0) is 6.18 Å². The zero-order chi connectivity index (χ0) is 19.1. The Kier molecular flexibility index (Phi) is 4.83. The van der Waals surface area contributed by atoms with Gasteiger partial charge in [0.25, 0.3) is 5.91 Å². The molecular weight excluding hydrogens is 373 g/mol. The van der Waals surface area contributed by atoms with E-state index in [0.29, 0.717) is 43.2 Å². The molecule has 0 atom stereocenters. The van der Waals surface area contributed by atoms with Crippen LogP contribution in [0, 0.1) is 13.8 Å². The van der Waals surface area contributed by atoms with E-state index in [4.69, 9.17) is 16.1 Å². The summed E-state index contributed by atoms with van der Waals surface area (Å²) in [6.45, 7) is 4.66. The molecular formula is C16H16ClF3N4O2. The van der Waals surface area contributed by atoms with Gasteiger partial charge < -0.3 is 14.3 Å². The van der Waals surface area contributed by atoms with Crippen LogP contribution in [0.1, 0.15) is 27.5 Å². The predicted octanol–water partition coefficient (Wildman–Crippen LogP) is 3.32. The molecule has 0 saturated carbocycles. The fourth-order valence-corrected chi connectivity index (χ4v) is 3.10. The van der Waals surface area contributed by atoms with Crippen LogP contribution < -0.4 is 4.90 Å². The third kappa shape index (κ3) is 3.48. The van der Waals surface area contributed by atoms with Crippen LogP contribution in [0.15, 0.2) is 16.7 Å². The maximum Gasteiger partial charge on any atom is 0.433 e. The molecule has 0 spiro atoms. The highest BCUT2D eigenvalue weighted by molar-refractivity contribution is 6.32. The summed E-state index contributed by atoms with van der Waals surface area (Å²) in [6.07, 6.45) is -4.54. The third-order valence-corrected chi connectivity index (χ3v) is 4.53. The van der Waals surface area contributed by atoms with Crippen molar-refractivity contribution >= 4 is 23.3 Å². The fraction of sp³-hybridized carbons (Fsp3) is 0.438.